The van der Waals surface area contributed by atoms with Gasteiger partial charge in [-0.3, -0.25) is 9.59 Å². The van der Waals surface area contributed by atoms with Gasteiger partial charge in [0, 0.05) is 10.1 Å². The summed E-state index contributed by atoms with van der Waals surface area (Å²) in [5, 5.41) is 16.2. The van der Waals surface area contributed by atoms with Crippen LogP contribution in [0.15, 0.2) is 17.0 Å². The van der Waals surface area contributed by atoms with E-state index in [9.17, 15) is 19.5 Å². The van der Waals surface area contributed by atoms with Crippen molar-refractivity contribution in [2.24, 2.45) is 0 Å². The molecule has 0 saturated carbocycles. The molecule has 31 heavy (non-hydrogen) atoms. The number of hydrogen-bond acceptors (Lipinski definition) is 8. The van der Waals surface area contributed by atoms with Gasteiger partial charge < -0.3 is 25.9 Å². The van der Waals surface area contributed by atoms with Crippen LogP contribution >= 0.6 is 23.1 Å². The van der Waals surface area contributed by atoms with E-state index in [1.165, 1.54) is 33.6 Å². The Labute approximate surface area is 211 Å². The average molecular weight is 473 g/mol. The van der Waals surface area contributed by atoms with E-state index in [1.54, 1.807) is 19.2 Å². The first-order valence-corrected chi connectivity index (χ1v) is 11.8. The zero-order chi connectivity index (χ0) is 21.6. The minimum Gasteiger partial charge on any atom is -0.548 e. The fourth-order valence-corrected chi connectivity index (χ4v) is 6.76. The Hall–Kier alpha value is -1.07. The smallest absolute Gasteiger partial charge is 0.548 e. The Morgan fingerprint density at radius 1 is 1.42 bits per heavy atom. The van der Waals surface area contributed by atoms with E-state index >= 15 is 0 Å². The molecule has 0 aromatic carbocycles. The number of aromatic nitrogens is 1. The Morgan fingerprint density at radius 2 is 2.16 bits per heavy atom. The molecule has 8 nitrogen and oxygen atoms in total. The molecule has 2 amide bonds. The monoisotopic (exact) mass is 472 g/mol. The number of thioether (sulfide) groups is 1. The molecular weight excluding hydrogens is 447 g/mol. The molecule has 1 aromatic heterocycles. The van der Waals surface area contributed by atoms with Crippen LogP contribution in [0.4, 0.5) is 5.13 Å². The van der Waals surface area contributed by atoms with Crippen molar-refractivity contribution >= 4 is 46.0 Å². The number of rotatable bonds is 6. The molecule has 1 aromatic rings. The van der Waals surface area contributed by atoms with E-state index in [-0.39, 0.29) is 41.4 Å². The summed E-state index contributed by atoms with van der Waals surface area (Å²) in [4.78, 5) is 43.1. The number of carbonyl (C=O) groups excluding carboxylic acids is 3. The zero-order valence-electron chi connectivity index (χ0n) is 17.9. The summed E-state index contributed by atoms with van der Waals surface area (Å²) < 4.78 is -0.686. The van der Waals surface area contributed by atoms with Crippen LogP contribution in [0.1, 0.15) is 57.6 Å². The number of nitrogen functional groups attached to an aromatic ring is 1. The van der Waals surface area contributed by atoms with Gasteiger partial charge >= 0.3 is 29.6 Å². The normalized spacial score (nSPS) is 27.4. The van der Waals surface area contributed by atoms with Gasteiger partial charge in [-0.2, -0.15) is 0 Å². The van der Waals surface area contributed by atoms with Crippen molar-refractivity contribution in [2.45, 2.75) is 74.1 Å². The first-order chi connectivity index (χ1) is 14.2. The summed E-state index contributed by atoms with van der Waals surface area (Å²) in [5.41, 5.74) is 7.62. The number of nitrogens with two attached hydrogens (primary N) is 1. The maximum absolute atomic E-state index is 13.2. The molecule has 3 heterocycles. The van der Waals surface area contributed by atoms with Gasteiger partial charge in [0.2, 0.25) is 11.8 Å². The first-order valence-electron chi connectivity index (χ1n) is 10.1. The molecular formula is C20H25N4NaO4S2. The van der Waals surface area contributed by atoms with Crippen LogP contribution in [0.5, 0.6) is 0 Å². The third-order valence-corrected chi connectivity index (χ3v) is 8.29. The van der Waals surface area contributed by atoms with E-state index in [0.717, 1.165) is 25.7 Å². The second kappa shape index (κ2) is 9.43. The summed E-state index contributed by atoms with van der Waals surface area (Å²) in [6, 6.07) is -1.75. The molecule has 162 valence electrons. The third-order valence-electron chi connectivity index (χ3n) is 6.03. The molecule has 2 aliphatic heterocycles. The SMILES string of the molecule is CC1(C)S[C@@H]2[C@H](NC(=O)C(CC3=CCCCC3)c3csc(N)n3)C(=O)N2[C@H]1C(=O)[O-].[Na+]. The van der Waals surface area contributed by atoms with Gasteiger partial charge in [-0.05, 0) is 46.0 Å². The van der Waals surface area contributed by atoms with Crippen LogP contribution in [-0.2, 0) is 14.4 Å². The molecule has 0 spiro atoms. The van der Waals surface area contributed by atoms with Crippen molar-refractivity contribution < 1.29 is 49.0 Å². The molecule has 3 aliphatic rings. The van der Waals surface area contributed by atoms with Crippen molar-refractivity contribution in [1.82, 2.24) is 15.2 Å². The minimum atomic E-state index is -1.27. The number of nitrogens with zero attached hydrogens (tertiary/aromatic N) is 2. The van der Waals surface area contributed by atoms with Crippen LogP contribution in [0, 0.1) is 0 Å². The fraction of sp³-hybridized carbons (Fsp3) is 0.600. The van der Waals surface area contributed by atoms with Gasteiger partial charge in [0.25, 0.3) is 0 Å². The van der Waals surface area contributed by atoms with Crippen LogP contribution in [0.3, 0.4) is 0 Å². The third kappa shape index (κ3) is 4.68. The van der Waals surface area contributed by atoms with E-state index in [2.05, 4.69) is 16.4 Å². The topological polar surface area (TPSA) is 128 Å². The molecule has 0 radical (unpaired) electrons. The average Bonchev–Trinajstić information content (AvgIpc) is 3.23. The van der Waals surface area contributed by atoms with Gasteiger partial charge in [0.15, 0.2) is 5.13 Å². The molecule has 3 N–H and O–H groups in total. The summed E-state index contributed by atoms with van der Waals surface area (Å²) >= 11 is 2.67. The van der Waals surface area contributed by atoms with Crippen LogP contribution in [-0.4, -0.2) is 49.9 Å². The van der Waals surface area contributed by atoms with Gasteiger partial charge in [-0.15, -0.1) is 23.1 Å². The van der Waals surface area contributed by atoms with Gasteiger partial charge in [0.1, 0.15) is 11.4 Å². The minimum absolute atomic E-state index is 0. The van der Waals surface area contributed by atoms with E-state index in [1.807, 2.05) is 0 Å². The number of carbonyl (C=O) groups is 3. The molecule has 1 aliphatic carbocycles. The van der Waals surface area contributed by atoms with Crippen molar-refractivity contribution in [3.63, 3.8) is 0 Å². The van der Waals surface area contributed by atoms with Gasteiger partial charge in [-0.1, -0.05) is 11.6 Å². The predicted octanol–water partition coefficient (Wildman–Crippen LogP) is -2.00. The number of aliphatic carboxylic acids is 1. The number of carboxylic acid groups (broad SMARTS) is 1. The number of hydrogen-bond donors (Lipinski definition) is 2. The quantitative estimate of drug-likeness (QED) is 0.278. The largest absolute Gasteiger partial charge is 1.00 e. The number of β-lactam (4-membered cyclic amide) rings is 1. The predicted molar refractivity (Wildman–Crippen MR) is 113 cm³/mol. The van der Waals surface area contributed by atoms with E-state index in [4.69, 9.17) is 5.73 Å². The molecule has 2 saturated heterocycles. The summed E-state index contributed by atoms with van der Waals surface area (Å²) in [7, 11) is 0. The standard InChI is InChI=1S/C20H26N4O4S2.Na/c1-20(2)14(18(27)28)24-16(26)13(17(24)30-20)23-15(25)11(12-9-29-19(21)22-12)8-10-6-4-3-5-7-10;/h6,9,11,13-14,17H,3-5,7-8H2,1-2H3,(H2,21,22)(H,23,25)(H,27,28);/q;+1/p-1/t11?,13-,14+,17-;/m1./s1. The van der Waals surface area contributed by atoms with Crippen LogP contribution in [0.2, 0.25) is 0 Å². The first kappa shape index (κ1) is 24.6. The van der Waals surface area contributed by atoms with E-state index < -0.39 is 34.1 Å². The van der Waals surface area contributed by atoms with Crippen LogP contribution < -0.4 is 45.7 Å². The second-order valence-corrected chi connectivity index (χ2v) is 11.2. The summed E-state index contributed by atoms with van der Waals surface area (Å²) in [6.45, 7) is 3.55. The Morgan fingerprint density at radius 3 is 2.74 bits per heavy atom. The number of anilines is 1. The van der Waals surface area contributed by atoms with Crippen molar-refractivity contribution in [1.29, 1.82) is 0 Å². The molecule has 4 atom stereocenters. The number of amides is 2. The molecule has 0 bridgehead atoms. The van der Waals surface area contributed by atoms with Crippen molar-refractivity contribution in [3.8, 4) is 0 Å². The number of nitrogens with one attached hydrogen (secondary N) is 1. The molecule has 1 unspecified atom stereocenters. The summed E-state index contributed by atoms with van der Waals surface area (Å²) in [6.07, 6.45) is 6.97. The maximum atomic E-state index is 13.2. The Balaban J connectivity index is 0.00000272. The Bertz CT molecular complexity index is 919. The van der Waals surface area contributed by atoms with Crippen LogP contribution in [0.25, 0.3) is 0 Å². The Kier molecular flexibility index (Phi) is 7.47. The number of carboxylic acids is 1. The molecule has 2 fully saturated rings. The molecule has 11 heteroatoms. The fourth-order valence-electron chi connectivity index (χ4n) is 4.52. The number of fused-ring (bicyclic) bond motifs is 1. The van der Waals surface area contributed by atoms with Crippen molar-refractivity contribution in [3.05, 3.63) is 22.7 Å². The second-order valence-electron chi connectivity index (χ2n) is 8.54. The maximum Gasteiger partial charge on any atom is 1.00 e. The van der Waals surface area contributed by atoms with Gasteiger partial charge in [0.05, 0.1) is 23.6 Å². The number of allylic oxidation sites excluding steroid dienone is 2. The van der Waals surface area contributed by atoms with Crippen molar-refractivity contribution in [2.75, 3.05) is 5.73 Å². The van der Waals surface area contributed by atoms with E-state index in [0.29, 0.717) is 17.2 Å². The zero-order valence-corrected chi connectivity index (χ0v) is 21.6. The number of thiazole rings is 1. The summed E-state index contributed by atoms with van der Waals surface area (Å²) in [5.74, 6) is -2.46. The molecule has 4 rings (SSSR count). The van der Waals surface area contributed by atoms with Gasteiger partial charge in [-0.25, -0.2) is 4.98 Å².